The summed E-state index contributed by atoms with van der Waals surface area (Å²) in [6.07, 6.45) is 2.16. The summed E-state index contributed by atoms with van der Waals surface area (Å²) in [4.78, 5) is 14.2. The molecule has 2 amide bonds. The van der Waals surface area contributed by atoms with Crippen molar-refractivity contribution < 1.29 is 4.79 Å². The number of piperidine rings is 1. The Morgan fingerprint density at radius 3 is 2.42 bits per heavy atom. The maximum Gasteiger partial charge on any atom is 0.321 e. The molecule has 0 aromatic heterocycles. The minimum absolute atomic E-state index is 0.0185. The first-order chi connectivity index (χ1) is 11.7. The van der Waals surface area contributed by atoms with Crippen molar-refractivity contribution in [1.82, 2.24) is 4.90 Å². The summed E-state index contributed by atoms with van der Waals surface area (Å²) in [5.41, 5.74) is 2.66. The second kappa shape index (κ2) is 7.70. The lowest BCUT2D eigenvalue weighted by atomic mass is 10.00. The maximum absolute atomic E-state index is 12.3. The Hall–Kier alpha value is -2.73. The largest absolute Gasteiger partial charge is 0.325 e. The molecule has 2 aromatic carbocycles. The van der Waals surface area contributed by atoms with Gasteiger partial charge >= 0.3 is 6.03 Å². The third kappa shape index (κ3) is 4.39. The minimum atomic E-state index is -0.0185. The van der Waals surface area contributed by atoms with E-state index >= 15 is 0 Å². The van der Waals surface area contributed by atoms with Crippen LogP contribution in [0.1, 0.15) is 30.9 Å². The number of anilines is 1. The number of amides is 2. The van der Waals surface area contributed by atoms with E-state index in [1.165, 1.54) is 0 Å². The quantitative estimate of drug-likeness (QED) is 0.779. The number of benzene rings is 2. The van der Waals surface area contributed by atoms with Crippen LogP contribution in [0, 0.1) is 17.8 Å². The number of nitrogens with one attached hydrogen (secondary N) is 1. The molecule has 0 atom stereocenters. The van der Waals surface area contributed by atoms with Gasteiger partial charge in [-0.2, -0.15) is 0 Å². The molecule has 0 spiro atoms. The lowest BCUT2D eigenvalue weighted by Crippen LogP contribution is -2.40. The number of hydrogen-bond donors (Lipinski definition) is 1. The molecule has 3 nitrogen and oxygen atoms in total. The normalized spacial score (nSPS) is 14.6. The highest BCUT2D eigenvalue weighted by Crippen LogP contribution is 2.17. The molecule has 24 heavy (non-hydrogen) atoms. The van der Waals surface area contributed by atoms with Crippen molar-refractivity contribution in [2.75, 3.05) is 18.4 Å². The third-order valence-corrected chi connectivity index (χ3v) is 4.31. The first kappa shape index (κ1) is 16.1. The molecule has 1 heterocycles. The lowest BCUT2D eigenvalue weighted by Gasteiger charge is -2.30. The molecule has 0 unspecified atom stereocenters. The molecule has 3 rings (SSSR count). The molecule has 0 saturated carbocycles. The van der Waals surface area contributed by atoms with Gasteiger partial charge in [-0.05, 0) is 49.1 Å². The molecule has 3 heteroatoms. The van der Waals surface area contributed by atoms with E-state index in [0.717, 1.165) is 42.7 Å². The van der Waals surface area contributed by atoms with Crippen LogP contribution in [0.5, 0.6) is 0 Å². The molecular weight excluding hydrogens is 296 g/mol. The summed E-state index contributed by atoms with van der Waals surface area (Å²) in [6.45, 7) is 3.91. The van der Waals surface area contributed by atoms with Crippen LogP contribution in [-0.2, 0) is 0 Å². The van der Waals surface area contributed by atoms with Gasteiger partial charge < -0.3 is 10.2 Å². The Balaban J connectivity index is 1.65. The van der Waals surface area contributed by atoms with Crippen molar-refractivity contribution in [3.05, 3.63) is 65.7 Å². The molecule has 122 valence electrons. The van der Waals surface area contributed by atoms with Crippen molar-refractivity contribution in [1.29, 1.82) is 0 Å². The number of carbonyl (C=O) groups is 1. The van der Waals surface area contributed by atoms with E-state index in [1.807, 2.05) is 59.5 Å². The van der Waals surface area contributed by atoms with Crippen LogP contribution in [-0.4, -0.2) is 24.0 Å². The zero-order valence-electron chi connectivity index (χ0n) is 14.0. The Kier molecular flexibility index (Phi) is 5.18. The first-order valence-electron chi connectivity index (χ1n) is 8.44. The van der Waals surface area contributed by atoms with Crippen LogP contribution < -0.4 is 5.32 Å². The fourth-order valence-electron chi connectivity index (χ4n) is 2.75. The molecule has 0 bridgehead atoms. The highest BCUT2D eigenvalue weighted by molar-refractivity contribution is 5.89. The number of hydrogen-bond acceptors (Lipinski definition) is 1. The van der Waals surface area contributed by atoms with Gasteiger partial charge in [0.05, 0.1) is 0 Å². The average Bonchev–Trinajstić information content (AvgIpc) is 2.62. The molecule has 2 aromatic rings. The third-order valence-electron chi connectivity index (χ3n) is 4.31. The van der Waals surface area contributed by atoms with Gasteiger partial charge in [0, 0.05) is 29.9 Å². The average molecular weight is 318 g/mol. The molecule has 0 radical (unpaired) electrons. The standard InChI is InChI=1S/C21H22N2O/c1-17-12-14-23(15-13-17)21(24)22-20-9-5-8-19(16-20)11-10-18-6-3-2-4-7-18/h2-9,16-17H,12-15H2,1H3,(H,22,24). The topological polar surface area (TPSA) is 32.3 Å². The zero-order chi connectivity index (χ0) is 16.8. The van der Waals surface area contributed by atoms with Crippen LogP contribution in [0.25, 0.3) is 0 Å². The van der Waals surface area contributed by atoms with Crippen molar-refractivity contribution in [2.45, 2.75) is 19.8 Å². The molecule has 1 aliphatic rings. The molecular formula is C21H22N2O. The number of urea groups is 1. The highest BCUT2D eigenvalue weighted by Gasteiger charge is 2.20. The Morgan fingerprint density at radius 2 is 1.67 bits per heavy atom. The first-order valence-corrected chi connectivity index (χ1v) is 8.44. The Morgan fingerprint density at radius 1 is 1.00 bits per heavy atom. The van der Waals surface area contributed by atoms with E-state index in [2.05, 4.69) is 24.1 Å². The monoisotopic (exact) mass is 318 g/mol. The van der Waals surface area contributed by atoms with Gasteiger partial charge in [0.2, 0.25) is 0 Å². The van der Waals surface area contributed by atoms with Crippen LogP contribution in [0.15, 0.2) is 54.6 Å². The smallest absolute Gasteiger partial charge is 0.321 e. The van der Waals surface area contributed by atoms with E-state index < -0.39 is 0 Å². The van der Waals surface area contributed by atoms with Crippen LogP contribution in [0.3, 0.4) is 0 Å². The summed E-state index contributed by atoms with van der Waals surface area (Å²) in [7, 11) is 0. The fraction of sp³-hybridized carbons (Fsp3) is 0.286. The summed E-state index contributed by atoms with van der Waals surface area (Å²) < 4.78 is 0. The van der Waals surface area contributed by atoms with Gasteiger partial charge in [0.1, 0.15) is 0 Å². The molecule has 0 aliphatic carbocycles. The number of nitrogens with zero attached hydrogens (tertiary/aromatic N) is 1. The number of carbonyl (C=O) groups excluding carboxylic acids is 1. The fourth-order valence-corrected chi connectivity index (χ4v) is 2.75. The van der Waals surface area contributed by atoms with Gasteiger partial charge in [0.15, 0.2) is 0 Å². The second-order valence-electron chi connectivity index (χ2n) is 6.30. The van der Waals surface area contributed by atoms with E-state index in [9.17, 15) is 4.79 Å². The number of rotatable bonds is 1. The maximum atomic E-state index is 12.3. The lowest BCUT2D eigenvalue weighted by molar-refractivity contribution is 0.186. The molecule has 1 aliphatic heterocycles. The molecule has 1 saturated heterocycles. The van der Waals surface area contributed by atoms with Gasteiger partial charge in [-0.15, -0.1) is 0 Å². The van der Waals surface area contributed by atoms with Crippen molar-refractivity contribution >= 4 is 11.7 Å². The zero-order valence-corrected chi connectivity index (χ0v) is 14.0. The van der Waals surface area contributed by atoms with Crippen LogP contribution in [0.4, 0.5) is 10.5 Å². The minimum Gasteiger partial charge on any atom is -0.325 e. The molecule has 1 fully saturated rings. The van der Waals surface area contributed by atoms with Crippen LogP contribution >= 0.6 is 0 Å². The summed E-state index contributed by atoms with van der Waals surface area (Å²) >= 11 is 0. The Bertz CT molecular complexity index is 750. The molecule has 1 N–H and O–H groups in total. The Labute approximate surface area is 143 Å². The predicted octanol–water partition coefficient (Wildman–Crippen LogP) is 4.35. The summed E-state index contributed by atoms with van der Waals surface area (Å²) in [6, 6.07) is 17.6. The second-order valence-corrected chi connectivity index (χ2v) is 6.30. The van der Waals surface area contributed by atoms with Crippen LogP contribution in [0.2, 0.25) is 0 Å². The van der Waals surface area contributed by atoms with Gasteiger partial charge in [-0.3, -0.25) is 0 Å². The van der Waals surface area contributed by atoms with Gasteiger partial charge in [-0.1, -0.05) is 43.0 Å². The van der Waals surface area contributed by atoms with E-state index in [0.29, 0.717) is 5.92 Å². The van der Waals surface area contributed by atoms with Gasteiger partial charge in [-0.25, -0.2) is 4.79 Å². The van der Waals surface area contributed by atoms with E-state index in [1.54, 1.807) is 0 Å². The predicted molar refractivity (Wildman–Crippen MR) is 97.9 cm³/mol. The van der Waals surface area contributed by atoms with E-state index in [-0.39, 0.29) is 6.03 Å². The number of likely N-dealkylation sites (tertiary alicyclic amines) is 1. The van der Waals surface area contributed by atoms with E-state index in [4.69, 9.17) is 0 Å². The van der Waals surface area contributed by atoms with Crippen molar-refractivity contribution in [3.8, 4) is 11.8 Å². The summed E-state index contributed by atoms with van der Waals surface area (Å²) in [5.74, 6) is 7.00. The highest BCUT2D eigenvalue weighted by atomic mass is 16.2. The van der Waals surface area contributed by atoms with Crippen molar-refractivity contribution in [3.63, 3.8) is 0 Å². The van der Waals surface area contributed by atoms with Crippen molar-refractivity contribution in [2.24, 2.45) is 5.92 Å². The van der Waals surface area contributed by atoms with Gasteiger partial charge in [0.25, 0.3) is 0 Å². The SMILES string of the molecule is CC1CCN(C(=O)Nc2cccc(C#Cc3ccccc3)c2)CC1. The summed E-state index contributed by atoms with van der Waals surface area (Å²) in [5, 5.41) is 2.98.